The summed E-state index contributed by atoms with van der Waals surface area (Å²) in [5.41, 5.74) is 0.415. The largest absolute Gasteiger partial charge is 0.508 e. The molecule has 2 rings (SSSR count). The van der Waals surface area contributed by atoms with E-state index >= 15 is 0 Å². The van der Waals surface area contributed by atoms with Crippen LogP contribution in [0.2, 0.25) is 0 Å². The summed E-state index contributed by atoms with van der Waals surface area (Å²) in [5, 5.41) is 16.4. The summed E-state index contributed by atoms with van der Waals surface area (Å²) in [5.74, 6) is 0.688. The third-order valence-corrected chi connectivity index (χ3v) is 3.09. The molecule has 0 saturated carbocycles. The lowest BCUT2D eigenvalue weighted by atomic mass is 10.0. The quantitative estimate of drug-likeness (QED) is 0.888. The average Bonchev–Trinajstić information content (AvgIpc) is 2.81. The van der Waals surface area contributed by atoms with Gasteiger partial charge in [-0.05, 0) is 24.1 Å². The molecule has 1 aromatic carbocycles. The number of amides is 1. The van der Waals surface area contributed by atoms with Crippen LogP contribution in [-0.4, -0.2) is 25.8 Å². The molecule has 0 spiro atoms. The van der Waals surface area contributed by atoms with E-state index in [0.29, 0.717) is 11.4 Å². The molecule has 6 heteroatoms. The number of aromatic nitrogens is 3. The van der Waals surface area contributed by atoms with Crippen molar-refractivity contribution in [1.82, 2.24) is 20.1 Å². The number of aromatic hydroxyl groups is 1. The number of phenolic OH excluding ortho intramolecular Hbond substituents is 1. The van der Waals surface area contributed by atoms with Gasteiger partial charge >= 0.3 is 0 Å². The van der Waals surface area contributed by atoms with Crippen molar-refractivity contribution in [1.29, 1.82) is 0 Å². The number of aryl methyl sites for hydroxylation is 1. The minimum Gasteiger partial charge on any atom is -0.508 e. The van der Waals surface area contributed by atoms with Crippen molar-refractivity contribution in [2.24, 2.45) is 13.0 Å². The van der Waals surface area contributed by atoms with Crippen molar-refractivity contribution in [2.45, 2.75) is 19.9 Å². The van der Waals surface area contributed by atoms with E-state index in [1.54, 1.807) is 23.9 Å². The van der Waals surface area contributed by atoms with Gasteiger partial charge in [0, 0.05) is 12.6 Å². The van der Waals surface area contributed by atoms with E-state index in [0.717, 1.165) is 0 Å². The molecule has 0 aliphatic rings. The second kappa shape index (κ2) is 5.73. The Balaban J connectivity index is 2.21. The Bertz CT molecular complexity index is 607. The first kappa shape index (κ1) is 14.0. The fourth-order valence-electron chi connectivity index (χ4n) is 1.99. The molecule has 20 heavy (non-hydrogen) atoms. The van der Waals surface area contributed by atoms with Crippen LogP contribution in [0.15, 0.2) is 30.6 Å². The molecule has 106 valence electrons. The second-order valence-corrected chi connectivity index (χ2v) is 4.99. The first-order chi connectivity index (χ1) is 9.49. The molecule has 0 fully saturated rings. The average molecular weight is 274 g/mol. The summed E-state index contributed by atoms with van der Waals surface area (Å²) in [6, 6.07) is 6.01. The van der Waals surface area contributed by atoms with Gasteiger partial charge in [-0.2, -0.15) is 5.10 Å². The van der Waals surface area contributed by atoms with Crippen molar-refractivity contribution in [3.8, 4) is 5.75 Å². The van der Waals surface area contributed by atoms with Crippen molar-refractivity contribution < 1.29 is 9.90 Å². The molecule has 0 bridgehead atoms. The summed E-state index contributed by atoms with van der Waals surface area (Å²) in [4.78, 5) is 16.4. The molecular formula is C14H18N4O2. The van der Waals surface area contributed by atoms with Crippen LogP contribution < -0.4 is 5.32 Å². The number of rotatable bonds is 4. The Hall–Kier alpha value is -2.37. The standard InChI is InChI=1S/C14H18N4O2/c1-9(2)12(13-15-8-16-18(13)3)17-14(20)10-5-4-6-11(19)7-10/h4-9,12,19H,1-3H3,(H,17,20). The molecule has 1 atom stereocenters. The van der Waals surface area contributed by atoms with Crippen LogP contribution in [0, 0.1) is 5.92 Å². The molecule has 2 aromatic rings. The molecule has 0 aliphatic carbocycles. The Morgan fingerprint density at radius 3 is 2.70 bits per heavy atom. The molecule has 2 N–H and O–H groups in total. The molecule has 1 aromatic heterocycles. The van der Waals surface area contributed by atoms with Crippen LogP contribution in [0.5, 0.6) is 5.75 Å². The van der Waals surface area contributed by atoms with Crippen LogP contribution >= 0.6 is 0 Å². The van der Waals surface area contributed by atoms with E-state index in [-0.39, 0.29) is 23.6 Å². The molecule has 0 aliphatic heterocycles. The predicted octanol–water partition coefficient (Wildman–Crippen LogP) is 1.65. The topological polar surface area (TPSA) is 80.0 Å². The van der Waals surface area contributed by atoms with Gasteiger partial charge in [0.05, 0.1) is 6.04 Å². The van der Waals surface area contributed by atoms with Crippen LogP contribution in [-0.2, 0) is 7.05 Å². The highest BCUT2D eigenvalue weighted by Gasteiger charge is 2.23. The minimum absolute atomic E-state index is 0.0670. The highest BCUT2D eigenvalue weighted by atomic mass is 16.3. The number of carbonyl (C=O) groups excluding carboxylic acids is 1. The Morgan fingerprint density at radius 1 is 1.40 bits per heavy atom. The van der Waals surface area contributed by atoms with Gasteiger partial charge in [-0.15, -0.1) is 0 Å². The van der Waals surface area contributed by atoms with Gasteiger partial charge in [0.25, 0.3) is 5.91 Å². The zero-order chi connectivity index (χ0) is 14.7. The highest BCUT2D eigenvalue weighted by Crippen LogP contribution is 2.20. The first-order valence-corrected chi connectivity index (χ1v) is 6.43. The molecule has 6 nitrogen and oxygen atoms in total. The van der Waals surface area contributed by atoms with Gasteiger partial charge in [0.15, 0.2) is 0 Å². The maximum atomic E-state index is 12.2. The van der Waals surface area contributed by atoms with Crippen LogP contribution in [0.4, 0.5) is 0 Å². The Morgan fingerprint density at radius 2 is 2.15 bits per heavy atom. The molecule has 0 radical (unpaired) electrons. The number of nitrogens with zero attached hydrogens (tertiary/aromatic N) is 3. The Kier molecular flexibility index (Phi) is 4.02. The van der Waals surface area contributed by atoms with Crippen LogP contribution in [0.25, 0.3) is 0 Å². The normalized spacial score (nSPS) is 12.4. The Labute approximate surface area is 117 Å². The maximum absolute atomic E-state index is 12.2. The van der Waals surface area contributed by atoms with E-state index in [1.165, 1.54) is 18.5 Å². The van der Waals surface area contributed by atoms with E-state index in [1.807, 2.05) is 13.8 Å². The lowest BCUT2D eigenvalue weighted by Gasteiger charge is -2.21. The summed E-state index contributed by atoms with van der Waals surface area (Å²) in [6.45, 7) is 4.00. The zero-order valence-electron chi connectivity index (χ0n) is 11.7. The lowest BCUT2D eigenvalue weighted by molar-refractivity contribution is 0.0921. The summed E-state index contributed by atoms with van der Waals surface area (Å²) in [7, 11) is 1.79. The number of hydrogen-bond acceptors (Lipinski definition) is 4. The van der Waals surface area contributed by atoms with Crippen molar-refractivity contribution in [2.75, 3.05) is 0 Å². The summed E-state index contributed by atoms with van der Waals surface area (Å²) >= 11 is 0. The summed E-state index contributed by atoms with van der Waals surface area (Å²) in [6.07, 6.45) is 1.46. The van der Waals surface area contributed by atoms with Gasteiger partial charge in [0.2, 0.25) is 0 Å². The fraction of sp³-hybridized carbons (Fsp3) is 0.357. The smallest absolute Gasteiger partial charge is 0.252 e. The third-order valence-electron chi connectivity index (χ3n) is 3.09. The van der Waals surface area contributed by atoms with Gasteiger partial charge in [0.1, 0.15) is 17.9 Å². The monoisotopic (exact) mass is 274 g/mol. The maximum Gasteiger partial charge on any atom is 0.252 e. The molecule has 0 saturated heterocycles. The van der Waals surface area contributed by atoms with Gasteiger partial charge < -0.3 is 10.4 Å². The second-order valence-electron chi connectivity index (χ2n) is 4.99. The molecular weight excluding hydrogens is 256 g/mol. The number of benzene rings is 1. The van der Waals surface area contributed by atoms with E-state index in [9.17, 15) is 9.90 Å². The van der Waals surface area contributed by atoms with Crippen LogP contribution in [0.3, 0.4) is 0 Å². The highest BCUT2D eigenvalue weighted by molar-refractivity contribution is 5.94. The molecule has 1 unspecified atom stereocenters. The van der Waals surface area contributed by atoms with Gasteiger partial charge in [-0.1, -0.05) is 19.9 Å². The van der Waals surface area contributed by atoms with Gasteiger partial charge in [-0.3, -0.25) is 9.48 Å². The molecule has 1 heterocycles. The number of phenols is 1. The first-order valence-electron chi connectivity index (χ1n) is 6.43. The van der Waals surface area contributed by atoms with E-state index in [4.69, 9.17) is 0 Å². The minimum atomic E-state index is -0.248. The summed E-state index contributed by atoms with van der Waals surface area (Å²) < 4.78 is 1.65. The van der Waals surface area contributed by atoms with Crippen LogP contribution in [0.1, 0.15) is 36.1 Å². The van der Waals surface area contributed by atoms with Gasteiger partial charge in [-0.25, -0.2) is 4.98 Å². The molecule has 1 amide bonds. The number of carbonyl (C=O) groups is 1. The van der Waals surface area contributed by atoms with Crippen molar-refractivity contribution >= 4 is 5.91 Å². The number of nitrogens with one attached hydrogen (secondary N) is 1. The SMILES string of the molecule is CC(C)C(NC(=O)c1cccc(O)c1)c1ncnn1C. The third kappa shape index (κ3) is 2.96. The fourth-order valence-corrected chi connectivity index (χ4v) is 1.99. The zero-order valence-corrected chi connectivity index (χ0v) is 11.7. The van der Waals surface area contributed by atoms with Crippen molar-refractivity contribution in [3.63, 3.8) is 0 Å². The predicted molar refractivity (Wildman–Crippen MR) is 74.2 cm³/mol. The number of hydrogen-bond donors (Lipinski definition) is 2. The van der Waals surface area contributed by atoms with E-state index in [2.05, 4.69) is 15.4 Å². The van der Waals surface area contributed by atoms with E-state index < -0.39 is 0 Å². The lowest BCUT2D eigenvalue weighted by Crippen LogP contribution is -2.33. The van der Waals surface area contributed by atoms with Crippen molar-refractivity contribution in [3.05, 3.63) is 42.0 Å².